The van der Waals surface area contributed by atoms with Gasteiger partial charge in [-0.1, -0.05) is 4.85 Å². The zero-order chi connectivity index (χ0) is 10.3. The third-order valence-corrected chi connectivity index (χ3v) is 1.86. The van der Waals surface area contributed by atoms with Crippen molar-refractivity contribution in [3.8, 4) is 0 Å². The van der Waals surface area contributed by atoms with Crippen LogP contribution in [0.3, 0.4) is 0 Å². The summed E-state index contributed by atoms with van der Waals surface area (Å²) in [5.74, 6) is 0. The fourth-order valence-electron chi connectivity index (χ4n) is 1.27. The predicted octanol–water partition coefficient (Wildman–Crippen LogP) is 0.885. The summed E-state index contributed by atoms with van der Waals surface area (Å²) in [6.07, 6.45) is 0. The summed E-state index contributed by atoms with van der Waals surface area (Å²) in [6, 6.07) is 2.96. The summed E-state index contributed by atoms with van der Waals surface area (Å²) < 4.78 is 0. The highest BCUT2D eigenvalue weighted by molar-refractivity contribution is 5.84. The summed E-state index contributed by atoms with van der Waals surface area (Å²) in [6.45, 7) is 1.69. The average Bonchev–Trinajstić information content (AvgIpc) is 2.47. The standard InChI is InChI=1S/C7H6N4O3/c1-4-2-5-7(8-9-10(5)12)6(3-4)11(13)14/h2-3,12H,1H3. The second-order valence-corrected chi connectivity index (χ2v) is 2.89. The van der Waals surface area contributed by atoms with Crippen molar-refractivity contribution in [1.82, 2.24) is 15.2 Å². The van der Waals surface area contributed by atoms with Crippen LogP contribution in [-0.2, 0) is 0 Å². The lowest BCUT2D eigenvalue weighted by molar-refractivity contribution is -0.383. The topological polar surface area (TPSA) is 94.1 Å². The molecule has 14 heavy (non-hydrogen) atoms. The first-order chi connectivity index (χ1) is 6.59. The molecule has 0 unspecified atom stereocenters. The van der Waals surface area contributed by atoms with Gasteiger partial charge in [-0.2, -0.15) is 0 Å². The van der Waals surface area contributed by atoms with Crippen LogP contribution >= 0.6 is 0 Å². The SMILES string of the molecule is Cc1cc([N+](=O)[O-])c2nnn(O)c2c1. The van der Waals surface area contributed by atoms with E-state index in [0.717, 1.165) is 0 Å². The quantitative estimate of drug-likeness (QED) is 0.413. The van der Waals surface area contributed by atoms with E-state index in [9.17, 15) is 10.1 Å². The van der Waals surface area contributed by atoms with E-state index in [1.54, 1.807) is 13.0 Å². The predicted molar refractivity (Wildman–Crippen MR) is 46.1 cm³/mol. The van der Waals surface area contributed by atoms with E-state index in [-0.39, 0.29) is 16.7 Å². The van der Waals surface area contributed by atoms with Crippen LogP contribution in [0, 0.1) is 17.0 Å². The molecule has 0 amide bonds. The van der Waals surface area contributed by atoms with Gasteiger partial charge >= 0.3 is 0 Å². The Balaban J connectivity index is 2.88. The smallest absolute Gasteiger partial charge is 0.299 e. The Labute approximate surface area is 77.7 Å². The number of rotatable bonds is 1. The molecule has 0 saturated heterocycles. The first-order valence-corrected chi connectivity index (χ1v) is 3.79. The molecule has 0 saturated carbocycles. The number of hydrogen-bond donors (Lipinski definition) is 1. The van der Waals surface area contributed by atoms with Crippen LogP contribution in [0.1, 0.15) is 5.56 Å². The van der Waals surface area contributed by atoms with Gasteiger partial charge in [0.15, 0.2) is 5.52 Å². The number of aromatic nitrogens is 3. The molecule has 72 valence electrons. The van der Waals surface area contributed by atoms with Crippen molar-refractivity contribution in [2.45, 2.75) is 6.92 Å². The number of benzene rings is 1. The van der Waals surface area contributed by atoms with Crippen molar-refractivity contribution in [1.29, 1.82) is 0 Å². The number of nitrogens with zero attached hydrogens (tertiary/aromatic N) is 4. The summed E-state index contributed by atoms with van der Waals surface area (Å²) in [5.41, 5.74) is 0.835. The monoisotopic (exact) mass is 194 g/mol. The molecule has 2 aromatic rings. The maximum Gasteiger partial charge on any atom is 0.299 e. The fourth-order valence-corrected chi connectivity index (χ4v) is 1.27. The molecule has 1 aromatic heterocycles. The minimum absolute atomic E-state index is 0.0862. The molecule has 0 aliphatic carbocycles. The van der Waals surface area contributed by atoms with E-state index < -0.39 is 4.92 Å². The Kier molecular flexibility index (Phi) is 1.60. The van der Waals surface area contributed by atoms with Crippen LogP contribution in [0.5, 0.6) is 0 Å². The minimum atomic E-state index is -0.552. The van der Waals surface area contributed by atoms with Gasteiger partial charge < -0.3 is 5.21 Å². The van der Waals surface area contributed by atoms with Crippen molar-refractivity contribution >= 4 is 16.7 Å². The molecule has 1 aromatic carbocycles. The summed E-state index contributed by atoms with van der Waals surface area (Å²) in [5, 5.41) is 26.6. The Hall–Kier alpha value is -2.18. The number of nitro benzene ring substituents is 1. The van der Waals surface area contributed by atoms with Crippen LogP contribution in [0.15, 0.2) is 12.1 Å². The van der Waals surface area contributed by atoms with Crippen molar-refractivity contribution in [2.75, 3.05) is 0 Å². The van der Waals surface area contributed by atoms with Gasteiger partial charge in [-0.15, -0.1) is 5.10 Å². The van der Waals surface area contributed by atoms with Gasteiger partial charge in [0.25, 0.3) is 5.69 Å². The van der Waals surface area contributed by atoms with E-state index in [1.807, 2.05) is 0 Å². The molecule has 0 atom stereocenters. The molecule has 0 bridgehead atoms. The van der Waals surface area contributed by atoms with Crippen LogP contribution in [0.2, 0.25) is 0 Å². The van der Waals surface area contributed by atoms with Crippen LogP contribution in [0.25, 0.3) is 11.0 Å². The van der Waals surface area contributed by atoms with Crippen LogP contribution < -0.4 is 0 Å². The number of hydrogen-bond acceptors (Lipinski definition) is 5. The summed E-state index contributed by atoms with van der Waals surface area (Å²) in [7, 11) is 0. The highest BCUT2D eigenvalue weighted by Crippen LogP contribution is 2.24. The molecule has 7 nitrogen and oxygen atoms in total. The molecule has 0 fully saturated rings. The highest BCUT2D eigenvalue weighted by atomic mass is 16.6. The summed E-state index contributed by atoms with van der Waals surface area (Å²) >= 11 is 0. The first kappa shape index (κ1) is 8.42. The molecule has 0 spiro atoms. The Morgan fingerprint density at radius 1 is 1.57 bits per heavy atom. The third kappa shape index (κ3) is 1.06. The molecule has 0 aliphatic heterocycles. The lowest BCUT2D eigenvalue weighted by atomic mass is 10.2. The van der Waals surface area contributed by atoms with E-state index in [1.165, 1.54) is 6.07 Å². The lowest BCUT2D eigenvalue weighted by Crippen LogP contribution is -1.93. The largest absolute Gasteiger partial charge is 0.410 e. The van der Waals surface area contributed by atoms with Crippen molar-refractivity contribution in [2.24, 2.45) is 0 Å². The van der Waals surface area contributed by atoms with E-state index in [4.69, 9.17) is 5.21 Å². The van der Waals surface area contributed by atoms with Gasteiger partial charge in [0.1, 0.15) is 5.52 Å². The number of fused-ring (bicyclic) bond motifs is 1. The maximum atomic E-state index is 10.6. The molecule has 2 rings (SSSR count). The maximum absolute atomic E-state index is 10.6. The number of non-ortho nitro benzene ring substituents is 1. The zero-order valence-corrected chi connectivity index (χ0v) is 7.21. The van der Waals surface area contributed by atoms with Crippen LogP contribution in [0.4, 0.5) is 5.69 Å². The Bertz CT molecular complexity index is 519. The first-order valence-electron chi connectivity index (χ1n) is 3.79. The lowest BCUT2D eigenvalue weighted by Gasteiger charge is -1.95. The average molecular weight is 194 g/mol. The number of nitro groups is 1. The summed E-state index contributed by atoms with van der Waals surface area (Å²) in [4.78, 5) is 10.6. The van der Waals surface area contributed by atoms with E-state index in [2.05, 4.69) is 10.3 Å². The van der Waals surface area contributed by atoms with Gasteiger partial charge in [0.05, 0.1) is 4.92 Å². The van der Waals surface area contributed by atoms with E-state index in [0.29, 0.717) is 10.4 Å². The molecular weight excluding hydrogens is 188 g/mol. The van der Waals surface area contributed by atoms with Gasteiger partial charge in [-0.25, -0.2) is 0 Å². The van der Waals surface area contributed by atoms with Crippen molar-refractivity contribution < 1.29 is 10.1 Å². The van der Waals surface area contributed by atoms with Gasteiger partial charge in [-0.05, 0) is 23.8 Å². The Morgan fingerprint density at radius 2 is 2.29 bits per heavy atom. The third-order valence-electron chi connectivity index (χ3n) is 1.86. The number of aryl methyl sites for hydroxylation is 1. The molecule has 1 heterocycles. The van der Waals surface area contributed by atoms with E-state index >= 15 is 0 Å². The van der Waals surface area contributed by atoms with Gasteiger partial charge in [-0.3, -0.25) is 10.1 Å². The van der Waals surface area contributed by atoms with Crippen molar-refractivity contribution in [3.63, 3.8) is 0 Å². The highest BCUT2D eigenvalue weighted by Gasteiger charge is 2.17. The minimum Gasteiger partial charge on any atom is -0.410 e. The zero-order valence-electron chi connectivity index (χ0n) is 7.21. The molecule has 7 heteroatoms. The Morgan fingerprint density at radius 3 is 2.93 bits per heavy atom. The second kappa shape index (κ2) is 2.66. The molecule has 1 N–H and O–H groups in total. The normalized spacial score (nSPS) is 10.6. The fraction of sp³-hybridized carbons (Fsp3) is 0.143. The second-order valence-electron chi connectivity index (χ2n) is 2.89. The van der Waals surface area contributed by atoms with Crippen molar-refractivity contribution in [3.05, 3.63) is 27.8 Å². The van der Waals surface area contributed by atoms with Gasteiger partial charge in [0.2, 0.25) is 0 Å². The van der Waals surface area contributed by atoms with Gasteiger partial charge in [0, 0.05) is 6.07 Å². The molecule has 0 radical (unpaired) electrons. The molecular formula is C7H6N4O3. The van der Waals surface area contributed by atoms with Crippen LogP contribution in [-0.4, -0.2) is 25.3 Å². The molecule has 0 aliphatic rings.